The molecule has 1 saturated heterocycles. The minimum atomic E-state index is -0.730. The van der Waals surface area contributed by atoms with Crippen molar-refractivity contribution in [1.82, 2.24) is 9.88 Å². The number of likely N-dealkylation sites (tertiary alicyclic amines) is 1. The first kappa shape index (κ1) is 23.0. The van der Waals surface area contributed by atoms with Gasteiger partial charge in [-0.1, -0.05) is 12.1 Å². The summed E-state index contributed by atoms with van der Waals surface area (Å²) in [5.74, 6) is -0.888. The fraction of sp³-hybridized carbons (Fsp3) is 0.222. The molecule has 7 heteroatoms. The van der Waals surface area contributed by atoms with Crippen LogP contribution in [0.4, 0.5) is 5.69 Å². The van der Waals surface area contributed by atoms with Crippen LogP contribution in [0.15, 0.2) is 72.6 Å². The van der Waals surface area contributed by atoms with E-state index in [1.165, 1.54) is 4.90 Å². The second-order valence-corrected chi connectivity index (χ2v) is 8.45. The maximum Gasteiger partial charge on any atom is 0.295 e. The van der Waals surface area contributed by atoms with E-state index in [0.717, 1.165) is 22.4 Å². The minimum Gasteiger partial charge on any atom is -0.507 e. The van der Waals surface area contributed by atoms with Gasteiger partial charge >= 0.3 is 0 Å². The zero-order valence-electron chi connectivity index (χ0n) is 19.6. The van der Waals surface area contributed by atoms with Gasteiger partial charge in [-0.15, -0.1) is 0 Å². The Morgan fingerprint density at radius 2 is 1.74 bits per heavy atom. The summed E-state index contributed by atoms with van der Waals surface area (Å²) in [6.07, 6.45) is 3.29. The predicted octanol–water partition coefficient (Wildman–Crippen LogP) is 4.09. The highest BCUT2D eigenvalue weighted by Crippen LogP contribution is 2.41. The number of aliphatic hydroxyl groups excluding tert-OH is 1. The second-order valence-electron chi connectivity index (χ2n) is 8.45. The van der Waals surface area contributed by atoms with Gasteiger partial charge in [-0.05, 0) is 66.1 Å². The third-order valence-electron chi connectivity index (χ3n) is 6.04. The number of pyridine rings is 1. The first-order chi connectivity index (χ1) is 16.3. The number of amides is 1. The first-order valence-electron chi connectivity index (χ1n) is 10.9. The average molecular weight is 458 g/mol. The topological polar surface area (TPSA) is 83.0 Å². The molecule has 1 fully saturated rings. The molecule has 7 nitrogen and oxygen atoms in total. The Kier molecular flexibility index (Phi) is 6.36. The number of aryl methyl sites for hydroxylation is 1. The highest BCUT2D eigenvalue weighted by atomic mass is 16.5. The van der Waals surface area contributed by atoms with E-state index in [4.69, 9.17) is 4.74 Å². The number of aliphatic hydroxyl groups is 1. The Morgan fingerprint density at radius 3 is 2.32 bits per heavy atom. The van der Waals surface area contributed by atoms with Crippen LogP contribution in [0.1, 0.15) is 28.3 Å². The molecule has 0 bridgehead atoms. The Labute approximate surface area is 198 Å². The molecule has 0 aliphatic carbocycles. The smallest absolute Gasteiger partial charge is 0.295 e. The number of benzene rings is 2. The van der Waals surface area contributed by atoms with Crippen molar-refractivity contribution in [3.8, 4) is 5.75 Å². The van der Waals surface area contributed by atoms with Gasteiger partial charge < -0.3 is 19.6 Å². The molecular formula is C27H27N3O4. The second kappa shape index (κ2) is 9.39. The number of hydrogen-bond donors (Lipinski definition) is 1. The van der Waals surface area contributed by atoms with Crippen molar-refractivity contribution in [2.75, 3.05) is 26.1 Å². The number of anilines is 1. The van der Waals surface area contributed by atoms with Crippen LogP contribution in [0.3, 0.4) is 0 Å². The summed E-state index contributed by atoms with van der Waals surface area (Å²) in [6.45, 7) is 2.07. The van der Waals surface area contributed by atoms with Crippen LogP contribution in [0.2, 0.25) is 0 Å². The van der Waals surface area contributed by atoms with Crippen molar-refractivity contribution >= 4 is 23.1 Å². The van der Waals surface area contributed by atoms with E-state index in [0.29, 0.717) is 11.3 Å². The summed E-state index contributed by atoms with van der Waals surface area (Å²) in [5, 5.41) is 11.3. The van der Waals surface area contributed by atoms with Gasteiger partial charge in [0.05, 0.1) is 18.7 Å². The van der Waals surface area contributed by atoms with E-state index in [1.54, 1.807) is 49.8 Å². The third kappa shape index (κ3) is 4.24. The first-order valence-corrected chi connectivity index (χ1v) is 10.9. The fourth-order valence-electron chi connectivity index (χ4n) is 4.21. The molecule has 34 heavy (non-hydrogen) atoms. The number of rotatable bonds is 6. The molecule has 2 aromatic carbocycles. The lowest BCUT2D eigenvalue weighted by molar-refractivity contribution is -0.140. The lowest BCUT2D eigenvalue weighted by Gasteiger charge is -2.26. The summed E-state index contributed by atoms with van der Waals surface area (Å²) in [7, 11) is 5.46. The molecule has 2 heterocycles. The molecule has 1 amide bonds. The average Bonchev–Trinajstić information content (AvgIpc) is 3.09. The minimum absolute atomic E-state index is 0.0706. The van der Waals surface area contributed by atoms with Crippen LogP contribution in [-0.2, 0) is 16.1 Å². The van der Waals surface area contributed by atoms with Crippen LogP contribution < -0.4 is 9.64 Å². The maximum absolute atomic E-state index is 13.2. The molecule has 1 aromatic heterocycles. The van der Waals surface area contributed by atoms with E-state index in [9.17, 15) is 14.7 Å². The number of ether oxygens (including phenoxy) is 1. The molecule has 0 spiro atoms. The number of aromatic nitrogens is 1. The molecule has 1 unspecified atom stereocenters. The lowest BCUT2D eigenvalue weighted by Crippen LogP contribution is -2.29. The molecule has 0 saturated carbocycles. The van der Waals surface area contributed by atoms with Gasteiger partial charge in [0.2, 0.25) is 0 Å². The van der Waals surface area contributed by atoms with Crippen LogP contribution in [0.25, 0.3) is 5.76 Å². The van der Waals surface area contributed by atoms with Crippen molar-refractivity contribution in [1.29, 1.82) is 0 Å². The Hall–Kier alpha value is -4.13. The Morgan fingerprint density at radius 1 is 1.06 bits per heavy atom. The van der Waals surface area contributed by atoms with Crippen LogP contribution in [0, 0.1) is 6.92 Å². The molecule has 1 aliphatic heterocycles. The normalized spacial score (nSPS) is 17.2. The Bertz CT molecular complexity index is 1250. The molecule has 1 aliphatic rings. The van der Waals surface area contributed by atoms with Gasteiger partial charge in [0.25, 0.3) is 11.7 Å². The molecule has 1 N–H and O–H groups in total. The lowest BCUT2D eigenvalue weighted by atomic mass is 9.94. The number of carbonyl (C=O) groups excluding carboxylic acids is 2. The number of hydrogen-bond acceptors (Lipinski definition) is 6. The summed E-state index contributed by atoms with van der Waals surface area (Å²) in [5.41, 5.74) is 3.90. The highest BCUT2D eigenvalue weighted by molar-refractivity contribution is 6.46. The number of carbonyl (C=O) groups is 2. The highest BCUT2D eigenvalue weighted by Gasteiger charge is 2.46. The zero-order chi connectivity index (χ0) is 24.4. The molecule has 3 aromatic rings. The summed E-state index contributed by atoms with van der Waals surface area (Å²) >= 11 is 0. The number of nitrogens with zero attached hydrogens (tertiary/aromatic N) is 3. The van der Waals surface area contributed by atoms with Gasteiger partial charge in [-0.3, -0.25) is 14.6 Å². The molecule has 1 atom stereocenters. The standard InChI is InChI=1S/C27H27N3O4/c1-17-15-20(7-10-22(17)34-4)25(31)23-24(19-5-8-21(9-6-19)29(2)3)30(27(33)26(23)32)16-18-11-13-28-14-12-18/h5-15,24,31H,16H2,1-4H3/b25-23-. The number of methoxy groups -OCH3 is 1. The third-order valence-corrected chi connectivity index (χ3v) is 6.04. The summed E-state index contributed by atoms with van der Waals surface area (Å²) in [6, 6.07) is 15.7. The van der Waals surface area contributed by atoms with E-state index >= 15 is 0 Å². The molecular weight excluding hydrogens is 430 g/mol. The van der Waals surface area contributed by atoms with Gasteiger partial charge in [0, 0.05) is 44.3 Å². The molecule has 174 valence electrons. The van der Waals surface area contributed by atoms with Crippen molar-refractivity contribution in [3.05, 3.63) is 94.8 Å². The van der Waals surface area contributed by atoms with Crippen molar-refractivity contribution < 1.29 is 19.4 Å². The zero-order valence-corrected chi connectivity index (χ0v) is 19.6. The SMILES string of the molecule is COc1ccc(/C(O)=C2/C(=O)C(=O)N(Cc3ccncc3)C2c2ccc(N(C)C)cc2)cc1C. The van der Waals surface area contributed by atoms with Gasteiger partial charge in [0.1, 0.15) is 11.5 Å². The summed E-state index contributed by atoms with van der Waals surface area (Å²) in [4.78, 5) is 33.9. The summed E-state index contributed by atoms with van der Waals surface area (Å²) < 4.78 is 5.31. The largest absolute Gasteiger partial charge is 0.507 e. The van der Waals surface area contributed by atoms with Crippen LogP contribution in [0.5, 0.6) is 5.75 Å². The van der Waals surface area contributed by atoms with Crippen molar-refractivity contribution in [2.45, 2.75) is 19.5 Å². The number of Topliss-reactive ketones (excluding diaryl/α,β-unsaturated/α-hetero) is 1. The monoisotopic (exact) mass is 457 g/mol. The van der Waals surface area contributed by atoms with Gasteiger partial charge in [-0.25, -0.2) is 0 Å². The van der Waals surface area contributed by atoms with E-state index in [1.807, 2.05) is 50.2 Å². The van der Waals surface area contributed by atoms with Crippen LogP contribution >= 0.6 is 0 Å². The molecule has 0 radical (unpaired) electrons. The van der Waals surface area contributed by atoms with Crippen LogP contribution in [-0.4, -0.2) is 47.9 Å². The van der Waals surface area contributed by atoms with E-state index in [-0.39, 0.29) is 17.9 Å². The Balaban J connectivity index is 1.85. The quantitative estimate of drug-likeness (QED) is 0.341. The fourth-order valence-corrected chi connectivity index (χ4v) is 4.21. The van der Waals surface area contributed by atoms with Crippen molar-refractivity contribution in [2.24, 2.45) is 0 Å². The van der Waals surface area contributed by atoms with E-state index < -0.39 is 17.7 Å². The van der Waals surface area contributed by atoms with Gasteiger partial charge in [0.15, 0.2) is 0 Å². The van der Waals surface area contributed by atoms with E-state index in [2.05, 4.69) is 4.98 Å². The predicted molar refractivity (Wildman–Crippen MR) is 131 cm³/mol. The van der Waals surface area contributed by atoms with Gasteiger partial charge in [-0.2, -0.15) is 0 Å². The molecule has 4 rings (SSSR count). The maximum atomic E-state index is 13.2. The number of ketones is 1. The van der Waals surface area contributed by atoms with Crippen molar-refractivity contribution in [3.63, 3.8) is 0 Å².